The fourth-order valence-electron chi connectivity index (χ4n) is 7.69. The molecule has 2 aromatic heterocycles. The number of hydrogen-bond donors (Lipinski definition) is 1. The molecule has 220 valence electrons. The number of fused-ring (bicyclic) bond motifs is 4. The van der Waals surface area contributed by atoms with Crippen LogP contribution in [-0.2, 0) is 6.54 Å². The number of rotatable bonds is 6. The summed E-state index contributed by atoms with van der Waals surface area (Å²) < 4.78 is 29.6. The molecule has 8 rings (SSSR count). The molecule has 7 heteroatoms. The van der Waals surface area contributed by atoms with Crippen LogP contribution in [0.5, 0.6) is 11.5 Å². The zero-order valence-corrected chi connectivity index (χ0v) is 24.7. The van der Waals surface area contributed by atoms with Gasteiger partial charge in [-0.3, -0.25) is 4.79 Å². The summed E-state index contributed by atoms with van der Waals surface area (Å²) in [5, 5.41) is 11.9. The van der Waals surface area contributed by atoms with Crippen LogP contribution in [0.4, 0.5) is 4.39 Å². The summed E-state index contributed by atoms with van der Waals surface area (Å²) in [5.74, 6) is 2.17. The molecule has 3 aliphatic rings. The largest absolute Gasteiger partial charge is 0.505 e. The van der Waals surface area contributed by atoms with Gasteiger partial charge in [0, 0.05) is 46.7 Å². The fourth-order valence-corrected chi connectivity index (χ4v) is 7.69. The number of carbonyl (C=O) groups excluding carboxylic acids is 1. The maximum Gasteiger partial charge on any atom is 0.254 e. The van der Waals surface area contributed by atoms with E-state index < -0.39 is 5.82 Å². The summed E-state index contributed by atoms with van der Waals surface area (Å²) in [7, 11) is 1.64. The third-order valence-electron chi connectivity index (χ3n) is 10.3. The summed E-state index contributed by atoms with van der Waals surface area (Å²) in [6.07, 6.45) is 4.63. The number of likely N-dealkylation sites (tertiary alicyclic amines) is 1. The fraction of sp³-hybridized carbons (Fsp3) is 0.361. The molecule has 5 aromatic rings. The van der Waals surface area contributed by atoms with Gasteiger partial charge in [-0.05, 0) is 86.3 Å². The molecule has 2 saturated carbocycles. The molecule has 3 aromatic carbocycles. The zero-order chi connectivity index (χ0) is 29.6. The lowest BCUT2D eigenvalue weighted by Crippen LogP contribution is -2.38. The summed E-state index contributed by atoms with van der Waals surface area (Å²) in [6, 6.07) is 16.8. The standard InChI is InChI=1S/C36H35FN2O4/c1-19-24-11-12-27(19)39(18-24)36(41)25-15-31(42-3)33-20(2)35(43-32(33)16-25)29-14-23-10-9-22(26-5-4-6-30(40)34(26)37)13-28(23)38(29)17-21-7-8-21/h4-6,9-10,13-16,19,21,24,27,40H,7-8,11-12,17-18H2,1-3H3. The van der Waals surface area contributed by atoms with Crippen molar-refractivity contribution < 1.29 is 23.4 Å². The van der Waals surface area contributed by atoms with E-state index in [9.17, 15) is 14.3 Å². The summed E-state index contributed by atoms with van der Waals surface area (Å²) in [6.45, 7) is 5.96. The van der Waals surface area contributed by atoms with Crippen LogP contribution in [0.25, 0.3) is 44.5 Å². The molecule has 1 amide bonds. The number of piperidine rings is 1. The normalized spacial score (nSPS) is 21.4. The van der Waals surface area contributed by atoms with Gasteiger partial charge in [0.25, 0.3) is 5.91 Å². The van der Waals surface area contributed by atoms with Crippen LogP contribution < -0.4 is 4.74 Å². The Kier molecular flexibility index (Phi) is 5.91. The Labute approximate surface area is 249 Å². The van der Waals surface area contributed by atoms with E-state index in [0.717, 1.165) is 52.8 Å². The number of aromatic hydroxyl groups is 1. The lowest BCUT2D eigenvalue weighted by atomic mass is 10.0. The number of benzene rings is 3. The third-order valence-corrected chi connectivity index (χ3v) is 10.3. The Morgan fingerprint density at radius 3 is 2.65 bits per heavy atom. The molecule has 3 unspecified atom stereocenters. The number of furan rings is 1. The van der Waals surface area contributed by atoms with Crippen molar-refractivity contribution in [1.29, 1.82) is 0 Å². The van der Waals surface area contributed by atoms with Gasteiger partial charge in [-0.15, -0.1) is 0 Å². The van der Waals surface area contributed by atoms with Gasteiger partial charge in [0.1, 0.15) is 11.3 Å². The van der Waals surface area contributed by atoms with Crippen molar-refractivity contribution in [2.75, 3.05) is 13.7 Å². The smallest absolute Gasteiger partial charge is 0.254 e. The van der Waals surface area contributed by atoms with Gasteiger partial charge in [-0.2, -0.15) is 0 Å². The number of nitrogens with zero attached hydrogens (tertiary/aromatic N) is 2. The average molecular weight is 579 g/mol. The Hall–Kier alpha value is -4.26. The summed E-state index contributed by atoms with van der Waals surface area (Å²) >= 11 is 0. The number of phenols is 1. The van der Waals surface area contributed by atoms with E-state index in [2.05, 4.69) is 22.5 Å². The number of aromatic nitrogens is 1. The highest BCUT2D eigenvalue weighted by Crippen LogP contribution is 2.45. The van der Waals surface area contributed by atoms with Crippen LogP contribution in [0.15, 0.2) is 59.0 Å². The maximum absolute atomic E-state index is 14.9. The molecular formula is C36H35FN2O4. The molecule has 43 heavy (non-hydrogen) atoms. The number of amides is 1. The Bertz CT molecular complexity index is 1930. The van der Waals surface area contributed by atoms with Crippen LogP contribution in [0, 0.1) is 30.5 Å². The molecule has 3 heterocycles. The first-order valence-corrected chi connectivity index (χ1v) is 15.4. The van der Waals surface area contributed by atoms with Crippen LogP contribution >= 0.6 is 0 Å². The minimum Gasteiger partial charge on any atom is -0.505 e. The van der Waals surface area contributed by atoms with Crippen molar-refractivity contribution in [3.63, 3.8) is 0 Å². The highest BCUT2D eigenvalue weighted by atomic mass is 19.1. The average Bonchev–Trinajstić information content (AvgIpc) is 3.42. The van der Waals surface area contributed by atoms with Gasteiger partial charge >= 0.3 is 0 Å². The van der Waals surface area contributed by atoms with Crippen LogP contribution in [0.3, 0.4) is 0 Å². The number of halogens is 1. The first-order chi connectivity index (χ1) is 20.8. The van der Waals surface area contributed by atoms with E-state index in [1.165, 1.54) is 25.3 Å². The SMILES string of the molecule is COc1cc(C(=O)N2CC3CCC2C3C)cc2oc(-c3cc4ccc(-c5cccc(O)c5F)cc4n3CC3CC3)c(C)c12. The van der Waals surface area contributed by atoms with Gasteiger partial charge in [-0.1, -0.05) is 31.2 Å². The topological polar surface area (TPSA) is 67.8 Å². The van der Waals surface area contributed by atoms with Gasteiger partial charge in [0.15, 0.2) is 17.3 Å². The first-order valence-electron chi connectivity index (χ1n) is 15.4. The van der Waals surface area contributed by atoms with Crippen molar-refractivity contribution in [2.24, 2.45) is 17.8 Å². The van der Waals surface area contributed by atoms with Crippen molar-refractivity contribution in [1.82, 2.24) is 9.47 Å². The first kappa shape index (κ1) is 26.4. The number of aryl methyl sites for hydroxylation is 1. The molecule has 0 spiro atoms. The molecular weight excluding hydrogens is 543 g/mol. The number of hydrogen-bond acceptors (Lipinski definition) is 4. The van der Waals surface area contributed by atoms with Gasteiger partial charge < -0.3 is 23.7 Å². The van der Waals surface area contributed by atoms with E-state index in [4.69, 9.17) is 9.15 Å². The molecule has 2 aliphatic carbocycles. The van der Waals surface area contributed by atoms with Crippen LogP contribution in [0.1, 0.15) is 48.5 Å². The number of methoxy groups -OCH3 is 1. The van der Waals surface area contributed by atoms with Crippen molar-refractivity contribution in [2.45, 2.75) is 52.1 Å². The maximum atomic E-state index is 14.9. The summed E-state index contributed by atoms with van der Waals surface area (Å²) in [5.41, 5.74) is 5.20. The van der Waals surface area contributed by atoms with E-state index in [-0.39, 0.29) is 11.7 Å². The lowest BCUT2D eigenvalue weighted by molar-refractivity contribution is 0.0695. The van der Waals surface area contributed by atoms with Crippen LogP contribution in [0.2, 0.25) is 0 Å². The number of phenolic OH excluding ortho intramolecular Hbond substituents is 1. The monoisotopic (exact) mass is 578 g/mol. The zero-order valence-electron chi connectivity index (χ0n) is 24.7. The molecule has 1 saturated heterocycles. The molecule has 1 aliphatic heterocycles. The van der Waals surface area contributed by atoms with Crippen molar-refractivity contribution in [3.05, 3.63) is 71.5 Å². The number of ether oxygens (including phenoxy) is 1. The predicted octanol–water partition coefficient (Wildman–Crippen LogP) is 8.16. The molecule has 1 N–H and O–H groups in total. The predicted molar refractivity (Wildman–Crippen MR) is 165 cm³/mol. The van der Waals surface area contributed by atoms with Crippen molar-refractivity contribution in [3.8, 4) is 34.1 Å². The van der Waals surface area contributed by atoms with Crippen LogP contribution in [-0.4, -0.2) is 40.2 Å². The van der Waals surface area contributed by atoms with E-state index in [1.807, 2.05) is 37.3 Å². The second kappa shape index (κ2) is 9.63. The Morgan fingerprint density at radius 1 is 1.09 bits per heavy atom. The quantitative estimate of drug-likeness (QED) is 0.221. The molecule has 2 bridgehead atoms. The minimum atomic E-state index is -0.621. The lowest BCUT2D eigenvalue weighted by Gasteiger charge is -2.27. The van der Waals surface area contributed by atoms with E-state index >= 15 is 0 Å². The van der Waals surface area contributed by atoms with Gasteiger partial charge in [-0.25, -0.2) is 4.39 Å². The summed E-state index contributed by atoms with van der Waals surface area (Å²) in [4.78, 5) is 15.8. The molecule has 3 atom stereocenters. The second-order valence-electron chi connectivity index (χ2n) is 12.8. The van der Waals surface area contributed by atoms with Gasteiger partial charge in [0.05, 0.1) is 18.2 Å². The van der Waals surface area contributed by atoms with Crippen molar-refractivity contribution >= 4 is 27.8 Å². The van der Waals surface area contributed by atoms with E-state index in [1.54, 1.807) is 19.2 Å². The second-order valence-corrected chi connectivity index (χ2v) is 12.8. The third kappa shape index (κ3) is 4.08. The molecule has 0 radical (unpaired) electrons. The highest BCUT2D eigenvalue weighted by molar-refractivity contribution is 6.02. The Morgan fingerprint density at radius 2 is 1.93 bits per heavy atom. The molecule has 6 nitrogen and oxygen atoms in total. The Balaban J connectivity index is 1.25. The number of carbonyl (C=O) groups is 1. The molecule has 3 fully saturated rings. The highest BCUT2D eigenvalue weighted by Gasteiger charge is 2.46. The van der Waals surface area contributed by atoms with Gasteiger partial charge in [0.2, 0.25) is 0 Å². The van der Waals surface area contributed by atoms with E-state index in [0.29, 0.717) is 51.8 Å². The minimum absolute atomic E-state index is 0.0458.